The van der Waals surface area contributed by atoms with Crippen molar-refractivity contribution in [3.63, 3.8) is 0 Å². The molecule has 5 heteroatoms. The number of aliphatic hydroxyl groups excluding tert-OH is 1. The lowest BCUT2D eigenvalue weighted by atomic mass is 10.1. The molecule has 0 amide bonds. The molecule has 22 heavy (non-hydrogen) atoms. The molecule has 0 aliphatic heterocycles. The minimum Gasteiger partial charge on any atom is -0.474 e. The van der Waals surface area contributed by atoms with Crippen LogP contribution in [0, 0.1) is 6.92 Å². The minimum atomic E-state index is -0.555. The molecule has 0 fully saturated rings. The van der Waals surface area contributed by atoms with Crippen LogP contribution in [0.25, 0.3) is 10.6 Å². The summed E-state index contributed by atoms with van der Waals surface area (Å²) >= 11 is 1.60. The molecule has 0 unspecified atom stereocenters. The number of ether oxygens (including phenoxy) is 1. The summed E-state index contributed by atoms with van der Waals surface area (Å²) in [6.45, 7) is 8.92. The molecule has 0 spiro atoms. The van der Waals surface area contributed by atoms with Gasteiger partial charge in [0.1, 0.15) is 17.7 Å². The molecule has 1 atom stereocenters. The molecule has 0 aliphatic rings. The summed E-state index contributed by atoms with van der Waals surface area (Å²) in [5, 5.41) is 14.2. The van der Waals surface area contributed by atoms with Gasteiger partial charge in [-0.1, -0.05) is 30.3 Å². The number of aromatic nitrogens is 1. The Balaban J connectivity index is 1.92. The number of nitrogens with zero attached hydrogens (tertiary/aromatic N) is 1. The Bertz CT molecular complexity index is 590. The van der Waals surface area contributed by atoms with E-state index in [0.29, 0.717) is 12.4 Å². The van der Waals surface area contributed by atoms with Gasteiger partial charge < -0.3 is 15.2 Å². The molecule has 0 saturated carbocycles. The van der Waals surface area contributed by atoms with Gasteiger partial charge >= 0.3 is 0 Å². The summed E-state index contributed by atoms with van der Waals surface area (Å²) in [6.07, 6.45) is -0.555. The summed E-state index contributed by atoms with van der Waals surface area (Å²) in [4.78, 5) is 5.55. The van der Waals surface area contributed by atoms with Crippen LogP contribution in [0.15, 0.2) is 30.3 Å². The molecule has 2 N–H and O–H groups in total. The van der Waals surface area contributed by atoms with E-state index in [1.165, 1.54) is 0 Å². The Morgan fingerprint density at radius 2 is 1.95 bits per heavy atom. The lowest BCUT2D eigenvalue weighted by Gasteiger charge is -2.22. The van der Waals surface area contributed by atoms with E-state index >= 15 is 0 Å². The van der Waals surface area contributed by atoms with Crippen molar-refractivity contribution < 1.29 is 9.84 Å². The molecule has 1 heterocycles. The number of thiazole rings is 1. The van der Waals surface area contributed by atoms with Crippen LogP contribution >= 0.6 is 11.3 Å². The topological polar surface area (TPSA) is 54.4 Å². The lowest BCUT2D eigenvalue weighted by molar-refractivity contribution is 0.0978. The first-order valence-electron chi connectivity index (χ1n) is 7.44. The molecular formula is C17H24N2O2S. The Labute approximate surface area is 136 Å². The van der Waals surface area contributed by atoms with Gasteiger partial charge in [0.2, 0.25) is 5.88 Å². The molecule has 120 valence electrons. The van der Waals surface area contributed by atoms with Gasteiger partial charge in [-0.3, -0.25) is 0 Å². The zero-order valence-corrected chi connectivity index (χ0v) is 14.4. The Morgan fingerprint density at radius 3 is 2.59 bits per heavy atom. The second-order valence-corrected chi connectivity index (χ2v) is 7.55. The number of aliphatic hydroxyl groups is 1. The number of hydrogen-bond acceptors (Lipinski definition) is 5. The predicted octanol–water partition coefficient (Wildman–Crippen LogP) is 3.25. The Hall–Kier alpha value is -1.43. The highest BCUT2D eigenvalue weighted by molar-refractivity contribution is 7.15. The highest BCUT2D eigenvalue weighted by Gasteiger charge is 2.15. The molecule has 2 aromatic rings. The number of benzene rings is 1. The van der Waals surface area contributed by atoms with E-state index in [4.69, 9.17) is 4.74 Å². The van der Waals surface area contributed by atoms with Gasteiger partial charge in [0.25, 0.3) is 0 Å². The van der Waals surface area contributed by atoms with Crippen molar-refractivity contribution in [1.29, 1.82) is 0 Å². The highest BCUT2D eigenvalue weighted by atomic mass is 32.1. The van der Waals surface area contributed by atoms with Gasteiger partial charge in [0, 0.05) is 17.6 Å². The monoisotopic (exact) mass is 320 g/mol. The van der Waals surface area contributed by atoms with Crippen LogP contribution in [0.3, 0.4) is 0 Å². The summed E-state index contributed by atoms with van der Waals surface area (Å²) in [5.74, 6) is 0.610. The van der Waals surface area contributed by atoms with Crippen LogP contribution in [0.4, 0.5) is 0 Å². The normalized spacial score (nSPS) is 13.1. The average molecular weight is 320 g/mol. The van der Waals surface area contributed by atoms with Crippen LogP contribution in [-0.2, 0) is 0 Å². The molecular weight excluding hydrogens is 296 g/mol. The first-order chi connectivity index (χ1) is 10.3. The Morgan fingerprint density at radius 1 is 1.27 bits per heavy atom. The second-order valence-electron chi connectivity index (χ2n) is 6.34. The van der Waals surface area contributed by atoms with Crippen LogP contribution in [-0.4, -0.2) is 34.9 Å². The lowest BCUT2D eigenvalue weighted by Crippen LogP contribution is -2.42. The van der Waals surface area contributed by atoms with E-state index in [2.05, 4.69) is 31.1 Å². The quantitative estimate of drug-likeness (QED) is 0.858. The predicted molar refractivity (Wildman–Crippen MR) is 91.5 cm³/mol. The molecule has 0 bridgehead atoms. The number of aryl methyl sites for hydroxylation is 1. The average Bonchev–Trinajstić information content (AvgIpc) is 2.84. The molecule has 0 aliphatic carbocycles. The fourth-order valence-electron chi connectivity index (χ4n) is 1.88. The van der Waals surface area contributed by atoms with Gasteiger partial charge in [-0.05, 0) is 27.7 Å². The standard InChI is InChI=1S/C17H24N2O2S/c1-12-15(21-11-14(20)10-18-17(2,3)4)19-16(22-12)13-8-6-5-7-9-13/h5-9,14,18,20H,10-11H2,1-4H3/t14-/m0/s1. The summed E-state index contributed by atoms with van der Waals surface area (Å²) < 4.78 is 5.68. The first kappa shape index (κ1) is 16.9. The third-order valence-electron chi connectivity index (χ3n) is 3.06. The van der Waals surface area contributed by atoms with Crippen molar-refractivity contribution in [3.05, 3.63) is 35.2 Å². The maximum atomic E-state index is 9.98. The third kappa shape index (κ3) is 5.09. The zero-order chi connectivity index (χ0) is 16.2. The molecule has 4 nitrogen and oxygen atoms in total. The maximum Gasteiger partial charge on any atom is 0.228 e. The van der Waals surface area contributed by atoms with Crippen LogP contribution < -0.4 is 10.1 Å². The summed E-state index contributed by atoms with van der Waals surface area (Å²) in [7, 11) is 0. The van der Waals surface area contributed by atoms with Gasteiger partial charge in [-0.2, -0.15) is 0 Å². The first-order valence-corrected chi connectivity index (χ1v) is 8.25. The van der Waals surface area contributed by atoms with Crippen LogP contribution in [0.1, 0.15) is 25.6 Å². The number of hydrogen-bond donors (Lipinski definition) is 2. The van der Waals surface area contributed by atoms with E-state index in [0.717, 1.165) is 15.4 Å². The molecule has 1 aromatic carbocycles. The maximum absolute atomic E-state index is 9.98. The van der Waals surface area contributed by atoms with E-state index in [1.54, 1.807) is 11.3 Å². The molecule has 1 aromatic heterocycles. The Kier molecular flexibility index (Phi) is 5.56. The highest BCUT2D eigenvalue weighted by Crippen LogP contribution is 2.31. The van der Waals surface area contributed by atoms with Crippen molar-refractivity contribution in [2.24, 2.45) is 0 Å². The van der Waals surface area contributed by atoms with E-state index in [1.807, 2.05) is 37.3 Å². The van der Waals surface area contributed by atoms with Crippen molar-refractivity contribution in [1.82, 2.24) is 10.3 Å². The van der Waals surface area contributed by atoms with E-state index in [9.17, 15) is 5.11 Å². The van der Waals surface area contributed by atoms with E-state index in [-0.39, 0.29) is 12.1 Å². The number of β-amino-alcohol motifs (C(OH)–C–C–N with tert-alkyl or cyclic N) is 1. The van der Waals surface area contributed by atoms with E-state index < -0.39 is 6.10 Å². The number of nitrogens with one attached hydrogen (secondary N) is 1. The molecule has 0 radical (unpaired) electrons. The van der Waals surface area contributed by atoms with Crippen LogP contribution in [0.2, 0.25) is 0 Å². The smallest absolute Gasteiger partial charge is 0.228 e. The number of rotatable bonds is 6. The van der Waals surface area contributed by atoms with Crippen molar-refractivity contribution >= 4 is 11.3 Å². The molecule has 0 saturated heterocycles. The SMILES string of the molecule is Cc1sc(-c2ccccc2)nc1OC[C@@H](O)CNC(C)(C)C. The zero-order valence-electron chi connectivity index (χ0n) is 13.6. The fourth-order valence-corrected chi connectivity index (χ4v) is 2.74. The summed E-state index contributed by atoms with van der Waals surface area (Å²) in [5.41, 5.74) is 1.07. The van der Waals surface area contributed by atoms with Gasteiger partial charge in [0.15, 0.2) is 0 Å². The summed E-state index contributed by atoms with van der Waals surface area (Å²) in [6, 6.07) is 10.0. The fraction of sp³-hybridized carbons (Fsp3) is 0.471. The van der Waals surface area contributed by atoms with Gasteiger partial charge in [-0.25, -0.2) is 4.98 Å². The third-order valence-corrected chi connectivity index (χ3v) is 4.06. The van der Waals surface area contributed by atoms with Crippen LogP contribution in [0.5, 0.6) is 5.88 Å². The van der Waals surface area contributed by atoms with Crippen molar-refractivity contribution in [2.45, 2.75) is 39.3 Å². The van der Waals surface area contributed by atoms with Crippen molar-refractivity contribution in [2.75, 3.05) is 13.2 Å². The second kappa shape index (κ2) is 7.22. The van der Waals surface area contributed by atoms with Gasteiger partial charge in [-0.15, -0.1) is 11.3 Å². The molecule has 2 rings (SSSR count). The van der Waals surface area contributed by atoms with Gasteiger partial charge in [0.05, 0.1) is 4.88 Å². The minimum absolute atomic E-state index is 0.0159. The largest absolute Gasteiger partial charge is 0.474 e. The van der Waals surface area contributed by atoms with Crippen molar-refractivity contribution in [3.8, 4) is 16.5 Å².